The molecule has 0 heterocycles. The summed E-state index contributed by atoms with van der Waals surface area (Å²) in [6.45, 7) is -0.401. The van der Waals surface area contributed by atoms with Crippen LogP contribution in [0.4, 0.5) is 4.39 Å². The molecule has 2 N–H and O–H groups in total. The third-order valence-corrected chi connectivity index (χ3v) is 1.79. The highest BCUT2D eigenvalue weighted by atomic mass is 35.5. The molecule has 0 radical (unpaired) electrons. The molecule has 1 aromatic carbocycles. The fraction of sp³-hybridized carbons (Fsp3) is 0.250. The molecule has 0 saturated carbocycles. The second kappa shape index (κ2) is 3.85. The minimum Gasteiger partial charge on any atom is -0.393 e. The van der Waals surface area contributed by atoms with E-state index in [1.54, 1.807) is 0 Å². The highest BCUT2D eigenvalue weighted by Gasteiger charge is 2.07. The highest BCUT2D eigenvalue weighted by Crippen LogP contribution is 2.20. The van der Waals surface area contributed by atoms with Crippen molar-refractivity contribution in [3.63, 3.8) is 0 Å². The zero-order valence-electron chi connectivity index (χ0n) is 6.17. The lowest BCUT2D eigenvalue weighted by molar-refractivity contribution is 0.0956. The van der Waals surface area contributed by atoms with Crippen molar-refractivity contribution in [2.24, 2.45) is 0 Å². The van der Waals surface area contributed by atoms with Gasteiger partial charge in [0.2, 0.25) is 0 Å². The van der Waals surface area contributed by atoms with Gasteiger partial charge in [0.25, 0.3) is 0 Å². The maximum Gasteiger partial charge on any atom is 0.141 e. The van der Waals surface area contributed by atoms with Crippen LogP contribution in [0.2, 0.25) is 5.02 Å². The SMILES string of the molecule is OCC(O)c1ccc(F)c(Cl)c1. The molecule has 1 aromatic rings. The standard InChI is InChI=1S/C8H8ClFO2/c9-6-3-5(8(12)4-11)1-2-7(6)10/h1-3,8,11-12H,4H2. The molecule has 0 aliphatic carbocycles. The Bertz CT molecular complexity index is 278. The first-order valence-electron chi connectivity index (χ1n) is 3.39. The van der Waals surface area contributed by atoms with E-state index in [2.05, 4.69) is 0 Å². The second-order valence-corrected chi connectivity index (χ2v) is 2.78. The largest absolute Gasteiger partial charge is 0.393 e. The Morgan fingerprint density at radius 1 is 1.50 bits per heavy atom. The van der Waals surface area contributed by atoms with Gasteiger partial charge in [0.05, 0.1) is 11.6 Å². The van der Waals surface area contributed by atoms with Gasteiger partial charge in [0, 0.05) is 0 Å². The van der Waals surface area contributed by atoms with Crippen LogP contribution in [0.1, 0.15) is 11.7 Å². The third kappa shape index (κ3) is 1.94. The summed E-state index contributed by atoms with van der Waals surface area (Å²) in [7, 11) is 0. The molecular formula is C8H8ClFO2. The van der Waals surface area contributed by atoms with Gasteiger partial charge in [-0.3, -0.25) is 0 Å². The lowest BCUT2D eigenvalue weighted by atomic mass is 10.1. The molecular weight excluding hydrogens is 183 g/mol. The molecule has 4 heteroatoms. The second-order valence-electron chi connectivity index (χ2n) is 2.37. The molecule has 1 atom stereocenters. The Kier molecular flexibility index (Phi) is 3.03. The van der Waals surface area contributed by atoms with Crippen molar-refractivity contribution in [1.29, 1.82) is 0 Å². The minimum atomic E-state index is -0.997. The predicted octanol–water partition coefficient (Wildman–Crippen LogP) is 1.50. The maximum atomic E-state index is 12.6. The topological polar surface area (TPSA) is 40.5 Å². The predicted molar refractivity (Wildman–Crippen MR) is 43.5 cm³/mol. The first-order valence-corrected chi connectivity index (χ1v) is 3.77. The number of rotatable bonds is 2. The van der Waals surface area contributed by atoms with Crippen molar-refractivity contribution in [3.8, 4) is 0 Å². The lowest BCUT2D eigenvalue weighted by Crippen LogP contribution is -2.02. The molecule has 0 saturated heterocycles. The van der Waals surface area contributed by atoms with Gasteiger partial charge in [-0.05, 0) is 17.7 Å². The van der Waals surface area contributed by atoms with Crippen LogP contribution in [0.25, 0.3) is 0 Å². The van der Waals surface area contributed by atoms with E-state index in [1.165, 1.54) is 12.1 Å². The van der Waals surface area contributed by atoms with Gasteiger partial charge in [-0.1, -0.05) is 17.7 Å². The van der Waals surface area contributed by atoms with Crippen LogP contribution in [0.15, 0.2) is 18.2 Å². The van der Waals surface area contributed by atoms with E-state index < -0.39 is 18.5 Å². The normalized spacial score (nSPS) is 13.0. The van der Waals surface area contributed by atoms with Gasteiger partial charge in [-0.25, -0.2) is 4.39 Å². The van der Waals surface area contributed by atoms with Crippen LogP contribution in [0.5, 0.6) is 0 Å². The van der Waals surface area contributed by atoms with E-state index in [1.807, 2.05) is 0 Å². The third-order valence-electron chi connectivity index (χ3n) is 1.50. The molecule has 0 aliphatic rings. The van der Waals surface area contributed by atoms with E-state index in [4.69, 9.17) is 21.8 Å². The van der Waals surface area contributed by atoms with Gasteiger partial charge in [0.15, 0.2) is 0 Å². The minimum absolute atomic E-state index is 0.0556. The summed E-state index contributed by atoms with van der Waals surface area (Å²) in [5, 5.41) is 17.6. The molecule has 0 bridgehead atoms. The molecule has 1 unspecified atom stereocenters. The number of benzene rings is 1. The fourth-order valence-electron chi connectivity index (χ4n) is 0.825. The van der Waals surface area contributed by atoms with E-state index in [-0.39, 0.29) is 5.02 Å². The quantitative estimate of drug-likeness (QED) is 0.742. The maximum absolute atomic E-state index is 12.6. The molecule has 0 fully saturated rings. The summed E-state index contributed by atoms with van der Waals surface area (Å²) >= 11 is 5.45. The van der Waals surface area contributed by atoms with Crippen molar-refractivity contribution in [2.45, 2.75) is 6.10 Å². The summed E-state index contributed by atoms with van der Waals surface area (Å²) in [6.07, 6.45) is -0.997. The zero-order chi connectivity index (χ0) is 9.14. The van der Waals surface area contributed by atoms with Gasteiger partial charge in [-0.2, -0.15) is 0 Å². The van der Waals surface area contributed by atoms with Crippen LogP contribution >= 0.6 is 11.6 Å². The van der Waals surface area contributed by atoms with Crippen molar-refractivity contribution in [3.05, 3.63) is 34.6 Å². The molecule has 0 aromatic heterocycles. The van der Waals surface area contributed by atoms with Crippen molar-refractivity contribution in [1.82, 2.24) is 0 Å². The first kappa shape index (κ1) is 9.45. The van der Waals surface area contributed by atoms with Crippen LogP contribution in [-0.4, -0.2) is 16.8 Å². The summed E-state index contributed by atoms with van der Waals surface area (Å²) in [5.41, 5.74) is 0.406. The summed E-state index contributed by atoms with van der Waals surface area (Å²) in [4.78, 5) is 0. The number of hydrogen-bond donors (Lipinski definition) is 2. The van der Waals surface area contributed by atoms with Crippen molar-refractivity contribution in [2.75, 3.05) is 6.61 Å². The van der Waals surface area contributed by atoms with Gasteiger partial charge in [-0.15, -0.1) is 0 Å². The summed E-state index contributed by atoms with van der Waals surface area (Å²) < 4.78 is 12.6. The molecule has 0 amide bonds. The highest BCUT2D eigenvalue weighted by molar-refractivity contribution is 6.30. The van der Waals surface area contributed by atoms with E-state index in [9.17, 15) is 4.39 Å². The zero-order valence-corrected chi connectivity index (χ0v) is 6.92. The monoisotopic (exact) mass is 190 g/mol. The molecule has 2 nitrogen and oxygen atoms in total. The summed E-state index contributed by atoms with van der Waals surface area (Å²) in [5.74, 6) is -0.537. The van der Waals surface area contributed by atoms with Crippen LogP contribution in [0, 0.1) is 5.82 Å². The van der Waals surface area contributed by atoms with Crippen molar-refractivity contribution >= 4 is 11.6 Å². The Labute approximate surface area is 74.2 Å². The summed E-state index contributed by atoms with van der Waals surface area (Å²) in [6, 6.07) is 3.82. The molecule has 0 aliphatic heterocycles. The van der Waals surface area contributed by atoms with Crippen LogP contribution < -0.4 is 0 Å². The van der Waals surface area contributed by atoms with Gasteiger partial charge in [0.1, 0.15) is 11.9 Å². The number of hydrogen-bond acceptors (Lipinski definition) is 2. The molecule has 1 rings (SSSR count). The number of halogens is 2. The van der Waals surface area contributed by atoms with E-state index >= 15 is 0 Å². The Morgan fingerprint density at radius 2 is 2.17 bits per heavy atom. The van der Waals surface area contributed by atoms with Crippen LogP contribution in [0.3, 0.4) is 0 Å². The smallest absolute Gasteiger partial charge is 0.141 e. The van der Waals surface area contributed by atoms with E-state index in [0.717, 1.165) is 6.07 Å². The lowest BCUT2D eigenvalue weighted by Gasteiger charge is -2.07. The van der Waals surface area contributed by atoms with E-state index in [0.29, 0.717) is 5.56 Å². The van der Waals surface area contributed by atoms with Crippen molar-refractivity contribution < 1.29 is 14.6 Å². The fourth-order valence-corrected chi connectivity index (χ4v) is 1.01. The van der Waals surface area contributed by atoms with Crippen LogP contribution in [-0.2, 0) is 0 Å². The Hall–Kier alpha value is -0.640. The molecule has 66 valence electrons. The average Bonchev–Trinajstić information content (AvgIpc) is 2.08. The number of aliphatic hydroxyl groups is 2. The average molecular weight is 191 g/mol. The molecule has 0 spiro atoms. The van der Waals surface area contributed by atoms with Gasteiger partial charge < -0.3 is 10.2 Å². The molecule has 12 heavy (non-hydrogen) atoms. The Morgan fingerprint density at radius 3 is 2.67 bits per heavy atom. The van der Waals surface area contributed by atoms with Gasteiger partial charge >= 0.3 is 0 Å². The first-order chi connectivity index (χ1) is 5.65. The Balaban J connectivity index is 2.96. The number of aliphatic hydroxyl groups excluding tert-OH is 2.